The highest BCUT2D eigenvalue weighted by Crippen LogP contribution is 2.60. The summed E-state index contributed by atoms with van der Waals surface area (Å²) in [5, 5.41) is 6.86. The molecule has 0 saturated heterocycles. The number of rotatable bonds is 5. The lowest BCUT2D eigenvalue weighted by atomic mass is 10.0. The van der Waals surface area contributed by atoms with E-state index in [0.717, 1.165) is 41.4 Å². The summed E-state index contributed by atoms with van der Waals surface area (Å²) in [5.74, 6) is 3.84. The number of benzene rings is 2. The molecule has 2 aliphatic carbocycles. The Balaban J connectivity index is 1.17. The maximum absolute atomic E-state index is 5.60. The average Bonchev–Trinajstić information content (AvgIpc) is 3.08. The summed E-state index contributed by atoms with van der Waals surface area (Å²) in [6, 6.07) is 18.9. The van der Waals surface area contributed by atoms with E-state index in [9.17, 15) is 0 Å². The summed E-state index contributed by atoms with van der Waals surface area (Å²) in [4.78, 5) is 8.73. The van der Waals surface area contributed by atoms with Crippen LogP contribution in [0.3, 0.4) is 0 Å². The summed E-state index contributed by atoms with van der Waals surface area (Å²) in [5.41, 5.74) is 5.00. The first-order valence-electron chi connectivity index (χ1n) is 9.85. The van der Waals surface area contributed by atoms with Crippen LogP contribution in [0, 0.1) is 11.8 Å². The van der Waals surface area contributed by atoms with Crippen LogP contribution in [-0.2, 0) is 13.0 Å². The Morgan fingerprint density at radius 3 is 2.79 bits per heavy atom. The Kier molecular flexibility index (Phi) is 4.35. The fraction of sp³-hybridized carbons (Fsp3) is 0.304. The predicted molar refractivity (Wildman–Crippen MR) is 110 cm³/mol. The van der Waals surface area contributed by atoms with Gasteiger partial charge in [0.15, 0.2) is 18.1 Å². The minimum absolute atomic E-state index is 0.570. The van der Waals surface area contributed by atoms with Crippen molar-refractivity contribution >= 4 is 5.96 Å². The van der Waals surface area contributed by atoms with Gasteiger partial charge in [0.1, 0.15) is 5.69 Å². The standard InChI is InChI=1S/C23H24N4O/c1-24-23(25-12-19-18-11-16-9-5-6-10-17(16)21(18)19)26-13-20-22(28-14-27-20)15-7-3-2-4-8-15/h2-10,14,18-19,21H,11-13H2,1H3,(H2,24,25,26). The highest BCUT2D eigenvalue weighted by molar-refractivity contribution is 5.79. The monoisotopic (exact) mass is 372 g/mol. The molecule has 0 aliphatic heterocycles. The van der Waals surface area contributed by atoms with Crippen LogP contribution in [-0.4, -0.2) is 24.5 Å². The van der Waals surface area contributed by atoms with Crippen molar-refractivity contribution in [3.05, 3.63) is 77.8 Å². The third-order valence-electron chi connectivity index (χ3n) is 6.03. The molecule has 5 nitrogen and oxygen atoms in total. The molecule has 3 atom stereocenters. The number of nitrogens with one attached hydrogen (secondary N) is 2. The molecule has 0 radical (unpaired) electrons. The van der Waals surface area contributed by atoms with E-state index in [0.29, 0.717) is 12.5 Å². The van der Waals surface area contributed by atoms with Crippen molar-refractivity contribution < 1.29 is 4.42 Å². The Hall–Kier alpha value is -3.08. The zero-order chi connectivity index (χ0) is 18.9. The van der Waals surface area contributed by atoms with Gasteiger partial charge in [-0.05, 0) is 35.3 Å². The molecule has 1 fully saturated rings. The molecule has 5 heteroatoms. The van der Waals surface area contributed by atoms with E-state index < -0.39 is 0 Å². The highest BCUT2D eigenvalue weighted by atomic mass is 16.3. The third kappa shape index (κ3) is 3.07. The molecule has 1 saturated carbocycles. The van der Waals surface area contributed by atoms with E-state index in [-0.39, 0.29) is 0 Å². The van der Waals surface area contributed by atoms with Gasteiger partial charge in [0.25, 0.3) is 0 Å². The summed E-state index contributed by atoms with van der Waals surface area (Å²) >= 11 is 0. The Morgan fingerprint density at radius 1 is 1.11 bits per heavy atom. The second-order valence-electron chi connectivity index (χ2n) is 7.56. The van der Waals surface area contributed by atoms with E-state index in [2.05, 4.69) is 44.9 Å². The minimum Gasteiger partial charge on any atom is -0.443 e. The summed E-state index contributed by atoms with van der Waals surface area (Å²) in [6.07, 6.45) is 2.72. The second-order valence-corrected chi connectivity index (χ2v) is 7.56. The molecule has 28 heavy (non-hydrogen) atoms. The van der Waals surface area contributed by atoms with Gasteiger partial charge < -0.3 is 15.1 Å². The van der Waals surface area contributed by atoms with E-state index >= 15 is 0 Å². The molecule has 0 amide bonds. The number of aromatic nitrogens is 1. The third-order valence-corrected chi connectivity index (χ3v) is 6.03. The van der Waals surface area contributed by atoms with Gasteiger partial charge in [0.05, 0.1) is 6.54 Å². The number of aliphatic imine (C=N–C) groups is 1. The van der Waals surface area contributed by atoms with Gasteiger partial charge in [-0.3, -0.25) is 4.99 Å². The van der Waals surface area contributed by atoms with Crippen molar-refractivity contribution in [3.8, 4) is 11.3 Å². The van der Waals surface area contributed by atoms with Crippen LogP contribution >= 0.6 is 0 Å². The molecule has 2 aliphatic rings. The molecular weight excluding hydrogens is 348 g/mol. The topological polar surface area (TPSA) is 62.5 Å². The molecular formula is C23H24N4O. The fourth-order valence-corrected chi connectivity index (χ4v) is 4.58. The van der Waals surface area contributed by atoms with Gasteiger partial charge in [-0.25, -0.2) is 4.98 Å². The molecule has 3 aromatic rings. The van der Waals surface area contributed by atoms with Gasteiger partial charge in [-0.1, -0.05) is 54.6 Å². The van der Waals surface area contributed by atoms with Crippen LogP contribution in [0.1, 0.15) is 22.7 Å². The largest absolute Gasteiger partial charge is 0.443 e. The second kappa shape index (κ2) is 7.15. The maximum atomic E-state index is 5.60. The zero-order valence-electron chi connectivity index (χ0n) is 15.9. The van der Waals surface area contributed by atoms with Crippen molar-refractivity contribution in [2.24, 2.45) is 16.8 Å². The first-order chi connectivity index (χ1) is 13.8. The average molecular weight is 372 g/mol. The van der Waals surface area contributed by atoms with Gasteiger partial charge >= 0.3 is 0 Å². The highest BCUT2D eigenvalue weighted by Gasteiger charge is 2.54. The number of oxazole rings is 1. The Morgan fingerprint density at radius 2 is 1.93 bits per heavy atom. The number of nitrogens with zero attached hydrogens (tertiary/aromatic N) is 2. The number of fused-ring (bicyclic) bond motifs is 3. The van der Waals surface area contributed by atoms with Crippen molar-refractivity contribution in [2.45, 2.75) is 18.9 Å². The Bertz CT molecular complexity index is 995. The molecule has 3 unspecified atom stereocenters. The zero-order valence-corrected chi connectivity index (χ0v) is 15.9. The quantitative estimate of drug-likeness (QED) is 0.531. The smallest absolute Gasteiger partial charge is 0.191 e. The van der Waals surface area contributed by atoms with E-state index in [1.54, 1.807) is 12.6 Å². The molecule has 142 valence electrons. The number of hydrogen-bond acceptors (Lipinski definition) is 3. The summed E-state index contributed by atoms with van der Waals surface area (Å²) in [6.45, 7) is 1.52. The normalized spacial score (nSPS) is 22.5. The van der Waals surface area contributed by atoms with Gasteiger partial charge in [0.2, 0.25) is 0 Å². The predicted octanol–water partition coefficient (Wildman–Crippen LogP) is 3.59. The molecule has 5 rings (SSSR count). The maximum Gasteiger partial charge on any atom is 0.191 e. The van der Waals surface area contributed by atoms with Crippen molar-refractivity contribution in [1.29, 1.82) is 0 Å². The fourth-order valence-electron chi connectivity index (χ4n) is 4.58. The van der Waals surface area contributed by atoms with E-state index in [1.807, 2.05) is 30.3 Å². The van der Waals surface area contributed by atoms with Crippen molar-refractivity contribution in [1.82, 2.24) is 15.6 Å². The van der Waals surface area contributed by atoms with Crippen molar-refractivity contribution in [3.63, 3.8) is 0 Å². The molecule has 2 aromatic carbocycles. The van der Waals surface area contributed by atoms with Crippen molar-refractivity contribution in [2.75, 3.05) is 13.6 Å². The van der Waals surface area contributed by atoms with Crippen LogP contribution in [0.2, 0.25) is 0 Å². The van der Waals surface area contributed by atoms with Crippen LogP contribution in [0.5, 0.6) is 0 Å². The lowest BCUT2D eigenvalue weighted by Gasteiger charge is -2.13. The Labute approximate surface area is 164 Å². The van der Waals surface area contributed by atoms with E-state index in [1.165, 1.54) is 18.4 Å². The van der Waals surface area contributed by atoms with Gasteiger partial charge in [0, 0.05) is 19.2 Å². The summed E-state index contributed by atoms with van der Waals surface area (Å²) < 4.78 is 5.60. The number of guanidine groups is 1. The molecule has 2 N–H and O–H groups in total. The lowest BCUT2D eigenvalue weighted by Crippen LogP contribution is -2.38. The first kappa shape index (κ1) is 17.0. The summed E-state index contributed by atoms with van der Waals surface area (Å²) in [7, 11) is 1.80. The van der Waals surface area contributed by atoms with E-state index in [4.69, 9.17) is 4.42 Å². The minimum atomic E-state index is 0.570. The number of hydrogen-bond donors (Lipinski definition) is 2. The first-order valence-corrected chi connectivity index (χ1v) is 9.85. The van der Waals surface area contributed by atoms with Crippen LogP contribution in [0.25, 0.3) is 11.3 Å². The van der Waals surface area contributed by atoms with Crippen LogP contribution in [0.4, 0.5) is 0 Å². The molecule has 1 heterocycles. The molecule has 1 aromatic heterocycles. The van der Waals surface area contributed by atoms with Crippen LogP contribution in [0.15, 0.2) is 70.4 Å². The molecule has 0 bridgehead atoms. The lowest BCUT2D eigenvalue weighted by molar-refractivity contribution is 0.570. The van der Waals surface area contributed by atoms with Gasteiger partial charge in [-0.15, -0.1) is 0 Å². The van der Waals surface area contributed by atoms with Crippen LogP contribution < -0.4 is 10.6 Å². The SMILES string of the molecule is CN=C(NCc1ncoc1-c1ccccc1)NCC1C2Cc3ccccc3C12. The van der Waals surface area contributed by atoms with Gasteiger partial charge in [-0.2, -0.15) is 0 Å². The molecule has 0 spiro atoms.